The van der Waals surface area contributed by atoms with Crippen LogP contribution in [0, 0.1) is 0 Å². The molecular formula is C13H8F6O. The topological polar surface area (TPSA) is 17.1 Å². The molecule has 0 heterocycles. The third-order valence-electron chi connectivity index (χ3n) is 2.93. The standard InChI is InChI=1S/C13H8F6O/c14-12(15,16)9-3-8(7-1-2-11(20)5-7)4-10(6-9)13(17,18)19/h3-6H,1-2H2. The number of halogens is 6. The summed E-state index contributed by atoms with van der Waals surface area (Å²) in [5.74, 6) is -0.300. The second kappa shape index (κ2) is 4.64. The fourth-order valence-corrected chi connectivity index (χ4v) is 1.96. The van der Waals surface area contributed by atoms with Gasteiger partial charge in [-0.25, -0.2) is 0 Å². The first kappa shape index (κ1) is 14.6. The van der Waals surface area contributed by atoms with Gasteiger partial charge in [0.25, 0.3) is 0 Å². The van der Waals surface area contributed by atoms with Gasteiger partial charge in [-0.15, -0.1) is 0 Å². The maximum Gasteiger partial charge on any atom is 0.416 e. The van der Waals surface area contributed by atoms with Crippen molar-refractivity contribution in [2.24, 2.45) is 0 Å². The zero-order chi connectivity index (χ0) is 15.1. The Kier molecular flexibility index (Phi) is 3.39. The van der Waals surface area contributed by atoms with Crippen molar-refractivity contribution >= 4 is 11.4 Å². The Morgan fingerprint density at radius 1 is 0.800 bits per heavy atom. The lowest BCUT2D eigenvalue weighted by atomic mass is 9.99. The zero-order valence-electron chi connectivity index (χ0n) is 9.90. The maximum atomic E-state index is 12.6. The molecule has 108 valence electrons. The highest BCUT2D eigenvalue weighted by Gasteiger charge is 2.37. The molecule has 0 atom stereocenters. The van der Waals surface area contributed by atoms with Crippen molar-refractivity contribution in [2.45, 2.75) is 25.2 Å². The highest BCUT2D eigenvalue weighted by atomic mass is 19.4. The summed E-state index contributed by atoms with van der Waals surface area (Å²) in [4.78, 5) is 11.1. The van der Waals surface area contributed by atoms with Gasteiger partial charge in [0.1, 0.15) is 0 Å². The summed E-state index contributed by atoms with van der Waals surface area (Å²) in [6, 6.07) is 1.35. The lowest BCUT2D eigenvalue weighted by molar-refractivity contribution is -0.143. The number of alkyl halides is 6. The van der Waals surface area contributed by atoms with Crippen LogP contribution in [-0.4, -0.2) is 5.78 Å². The number of rotatable bonds is 1. The van der Waals surface area contributed by atoms with Crippen LogP contribution in [0.15, 0.2) is 24.3 Å². The summed E-state index contributed by atoms with van der Waals surface area (Å²) in [5.41, 5.74) is -2.75. The normalized spacial score (nSPS) is 16.5. The minimum absolute atomic E-state index is 0.0703. The minimum atomic E-state index is -4.88. The van der Waals surface area contributed by atoms with Crippen LogP contribution < -0.4 is 0 Å². The average molecular weight is 294 g/mol. The number of hydrogen-bond acceptors (Lipinski definition) is 1. The van der Waals surface area contributed by atoms with Crippen LogP contribution in [0.25, 0.3) is 5.57 Å². The van der Waals surface area contributed by atoms with Crippen LogP contribution in [-0.2, 0) is 17.1 Å². The van der Waals surface area contributed by atoms with Crippen LogP contribution in [0.1, 0.15) is 29.5 Å². The number of allylic oxidation sites excluding steroid dienone is 2. The monoisotopic (exact) mass is 294 g/mol. The second-order valence-electron chi connectivity index (χ2n) is 4.43. The summed E-state index contributed by atoms with van der Waals surface area (Å²) < 4.78 is 75.9. The van der Waals surface area contributed by atoms with Crippen molar-refractivity contribution in [2.75, 3.05) is 0 Å². The van der Waals surface area contributed by atoms with E-state index in [1.807, 2.05) is 0 Å². The first-order valence-electron chi connectivity index (χ1n) is 5.60. The Hall–Kier alpha value is -1.79. The predicted octanol–water partition coefficient (Wildman–Crippen LogP) is 4.47. The molecule has 0 bridgehead atoms. The molecule has 1 aliphatic carbocycles. The molecule has 2 rings (SSSR count). The molecule has 1 aromatic rings. The third-order valence-corrected chi connectivity index (χ3v) is 2.93. The molecule has 0 fully saturated rings. The Balaban J connectivity index is 2.58. The molecule has 1 aromatic carbocycles. The largest absolute Gasteiger partial charge is 0.416 e. The van der Waals surface area contributed by atoms with E-state index >= 15 is 0 Å². The van der Waals surface area contributed by atoms with Crippen molar-refractivity contribution in [3.8, 4) is 0 Å². The number of carbonyl (C=O) groups excluding carboxylic acids is 1. The van der Waals surface area contributed by atoms with Gasteiger partial charge in [0.2, 0.25) is 0 Å². The highest BCUT2D eigenvalue weighted by Crippen LogP contribution is 2.38. The second-order valence-corrected chi connectivity index (χ2v) is 4.43. The lowest BCUT2D eigenvalue weighted by Crippen LogP contribution is -2.11. The average Bonchev–Trinajstić information content (AvgIpc) is 2.73. The van der Waals surface area contributed by atoms with Gasteiger partial charge in [0.15, 0.2) is 5.78 Å². The van der Waals surface area contributed by atoms with E-state index in [4.69, 9.17) is 0 Å². The summed E-state index contributed by atoms with van der Waals surface area (Å²) in [6.45, 7) is 0. The van der Waals surface area contributed by atoms with Crippen molar-refractivity contribution in [1.82, 2.24) is 0 Å². The predicted molar refractivity (Wildman–Crippen MR) is 58.7 cm³/mol. The summed E-state index contributed by atoms with van der Waals surface area (Å²) in [5, 5.41) is 0. The Bertz CT molecular complexity index is 547. The number of hydrogen-bond donors (Lipinski definition) is 0. The van der Waals surface area contributed by atoms with Gasteiger partial charge in [-0.05, 0) is 41.8 Å². The summed E-state index contributed by atoms with van der Waals surface area (Å²) in [6.07, 6.45) is -8.40. The van der Waals surface area contributed by atoms with E-state index in [0.29, 0.717) is 12.1 Å². The maximum absolute atomic E-state index is 12.6. The summed E-state index contributed by atoms with van der Waals surface area (Å²) in [7, 11) is 0. The molecule has 20 heavy (non-hydrogen) atoms. The minimum Gasteiger partial charge on any atom is -0.295 e. The quantitative estimate of drug-likeness (QED) is 0.698. The van der Waals surface area contributed by atoms with E-state index < -0.39 is 23.5 Å². The van der Waals surface area contributed by atoms with Crippen LogP contribution in [0.4, 0.5) is 26.3 Å². The third kappa shape index (κ3) is 3.02. The Morgan fingerprint density at radius 3 is 1.65 bits per heavy atom. The molecule has 0 aromatic heterocycles. The van der Waals surface area contributed by atoms with E-state index in [1.54, 1.807) is 0 Å². The van der Waals surface area contributed by atoms with Gasteiger partial charge in [0, 0.05) is 6.42 Å². The SMILES string of the molecule is O=C1C=C(c2cc(C(F)(F)F)cc(C(F)(F)F)c2)CC1. The van der Waals surface area contributed by atoms with Crippen molar-refractivity contribution in [3.05, 3.63) is 41.0 Å². The number of carbonyl (C=O) groups is 1. The van der Waals surface area contributed by atoms with E-state index in [2.05, 4.69) is 0 Å². The van der Waals surface area contributed by atoms with Crippen molar-refractivity contribution < 1.29 is 31.1 Å². The fraction of sp³-hybridized carbons (Fsp3) is 0.308. The molecule has 0 radical (unpaired) electrons. The molecule has 0 saturated carbocycles. The van der Waals surface area contributed by atoms with Gasteiger partial charge in [-0.1, -0.05) is 0 Å². The zero-order valence-corrected chi connectivity index (χ0v) is 9.90. The molecule has 0 amide bonds. The molecule has 0 N–H and O–H groups in total. The highest BCUT2D eigenvalue weighted by molar-refractivity contribution is 6.01. The summed E-state index contributed by atoms with van der Waals surface area (Å²) >= 11 is 0. The molecule has 0 spiro atoms. The first-order chi connectivity index (χ1) is 9.07. The molecule has 0 unspecified atom stereocenters. The van der Waals surface area contributed by atoms with E-state index in [1.165, 1.54) is 0 Å². The molecule has 0 aliphatic heterocycles. The Labute approximate surface area is 109 Å². The fourth-order valence-electron chi connectivity index (χ4n) is 1.96. The molecule has 1 aliphatic rings. The molecule has 1 nitrogen and oxygen atoms in total. The van der Waals surface area contributed by atoms with Gasteiger partial charge in [0.05, 0.1) is 11.1 Å². The molecule has 7 heteroatoms. The van der Waals surface area contributed by atoms with Gasteiger partial charge < -0.3 is 0 Å². The van der Waals surface area contributed by atoms with Crippen LogP contribution in [0.2, 0.25) is 0 Å². The lowest BCUT2D eigenvalue weighted by Gasteiger charge is -2.14. The van der Waals surface area contributed by atoms with Crippen LogP contribution >= 0.6 is 0 Å². The van der Waals surface area contributed by atoms with Crippen molar-refractivity contribution in [3.63, 3.8) is 0 Å². The van der Waals surface area contributed by atoms with E-state index in [0.717, 1.165) is 6.08 Å². The van der Waals surface area contributed by atoms with Gasteiger partial charge in [-0.2, -0.15) is 26.3 Å². The van der Waals surface area contributed by atoms with Crippen molar-refractivity contribution in [1.29, 1.82) is 0 Å². The van der Waals surface area contributed by atoms with E-state index in [9.17, 15) is 31.1 Å². The van der Waals surface area contributed by atoms with Gasteiger partial charge in [-0.3, -0.25) is 4.79 Å². The first-order valence-corrected chi connectivity index (χ1v) is 5.60. The smallest absolute Gasteiger partial charge is 0.295 e. The molecular weight excluding hydrogens is 286 g/mol. The van der Waals surface area contributed by atoms with Crippen LogP contribution in [0.3, 0.4) is 0 Å². The van der Waals surface area contributed by atoms with Gasteiger partial charge >= 0.3 is 12.4 Å². The molecule has 0 saturated heterocycles. The van der Waals surface area contributed by atoms with Crippen LogP contribution in [0.5, 0.6) is 0 Å². The van der Waals surface area contributed by atoms with E-state index in [-0.39, 0.29) is 35.8 Å². The number of benzene rings is 1. The number of ketones is 1. The Morgan fingerprint density at radius 2 is 1.30 bits per heavy atom.